The normalized spacial score (nSPS) is 17.5. The molecule has 2 aromatic carbocycles. The van der Waals surface area contributed by atoms with Crippen LogP contribution in [0.3, 0.4) is 0 Å². The van der Waals surface area contributed by atoms with Crippen LogP contribution in [0.1, 0.15) is 43.0 Å². The van der Waals surface area contributed by atoms with Crippen LogP contribution >= 0.6 is 0 Å². The van der Waals surface area contributed by atoms with E-state index in [-0.39, 0.29) is 23.2 Å². The van der Waals surface area contributed by atoms with Gasteiger partial charge in [-0.2, -0.15) is 4.31 Å². The van der Waals surface area contributed by atoms with Gasteiger partial charge in [-0.1, -0.05) is 12.1 Å². The molecule has 1 fully saturated rings. The predicted molar refractivity (Wildman–Crippen MR) is 112 cm³/mol. The van der Waals surface area contributed by atoms with Crippen molar-refractivity contribution in [3.05, 3.63) is 71.7 Å². The molecule has 1 saturated heterocycles. The monoisotopic (exact) mass is 445 g/mol. The van der Waals surface area contributed by atoms with E-state index in [1.165, 1.54) is 16.4 Å². The van der Waals surface area contributed by atoms with Crippen molar-refractivity contribution >= 4 is 10.0 Å². The van der Waals surface area contributed by atoms with E-state index >= 15 is 0 Å². The first-order valence-corrected chi connectivity index (χ1v) is 11.7. The van der Waals surface area contributed by atoms with Crippen molar-refractivity contribution in [2.45, 2.75) is 37.0 Å². The molecule has 1 aromatic heterocycles. The predicted octanol–water partition coefficient (Wildman–Crippen LogP) is 3.77. The number of nitrogens with zero attached hydrogens (tertiary/aromatic N) is 3. The Balaban J connectivity index is 1.45. The van der Waals surface area contributed by atoms with Crippen LogP contribution in [0.25, 0.3) is 0 Å². The molecular weight excluding hydrogens is 421 g/mol. The number of aromatic nitrogens is 2. The number of piperidine rings is 1. The summed E-state index contributed by atoms with van der Waals surface area (Å²) in [6.07, 6.45) is 1.87. The van der Waals surface area contributed by atoms with Crippen molar-refractivity contribution in [1.82, 2.24) is 14.5 Å². The van der Waals surface area contributed by atoms with Gasteiger partial charge in [0.15, 0.2) is 0 Å². The lowest BCUT2D eigenvalue weighted by Crippen LogP contribution is -2.39. The number of ether oxygens (including phenoxy) is 1. The highest BCUT2D eigenvalue weighted by Gasteiger charge is 2.33. The SMILES string of the molecule is CCOc1ccc(S(=O)(=O)N2CCC[C@H](c3nnc(Cc4ccc(F)cc4)o3)C2)cc1. The first kappa shape index (κ1) is 21.5. The smallest absolute Gasteiger partial charge is 0.243 e. The van der Waals surface area contributed by atoms with Crippen LogP contribution in [-0.2, 0) is 16.4 Å². The molecule has 0 saturated carbocycles. The average Bonchev–Trinajstić information content (AvgIpc) is 3.25. The molecule has 0 amide bonds. The highest BCUT2D eigenvalue weighted by Crippen LogP contribution is 2.30. The maximum atomic E-state index is 13.1. The molecule has 9 heteroatoms. The summed E-state index contributed by atoms with van der Waals surface area (Å²) in [5.74, 6) is 1.03. The Hall–Kier alpha value is -2.78. The van der Waals surface area contributed by atoms with Gasteiger partial charge in [-0.3, -0.25) is 0 Å². The molecule has 0 N–H and O–H groups in total. The van der Waals surface area contributed by atoms with E-state index in [4.69, 9.17) is 9.15 Å². The van der Waals surface area contributed by atoms with Crippen molar-refractivity contribution in [2.24, 2.45) is 0 Å². The molecule has 0 unspecified atom stereocenters. The van der Waals surface area contributed by atoms with Crippen LogP contribution in [0, 0.1) is 5.82 Å². The average molecular weight is 446 g/mol. The summed E-state index contributed by atoms with van der Waals surface area (Å²) < 4.78 is 51.9. The van der Waals surface area contributed by atoms with E-state index < -0.39 is 10.0 Å². The Morgan fingerprint density at radius 3 is 2.58 bits per heavy atom. The minimum atomic E-state index is -3.63. The number of hydrogen-bond acceptors (Lipinski definition) is 6. The van der Waals surface area contributed by atoms with E-state index in [1.54, 1.807) is 36.4 Å². The first-order valence-electron chi connectivity index (χ1n) is 10.3. The van der Waals surface area contributed by atoms with Gasteiger partial charge in [0.25, 0.3) is 0 Å². The van der Waals surface area contributed by atoms with E-state index in [1.807, 2.05) is 6.92 Å². The van der Waals surface area contributed by atoms with Crippen molar-refractivity contribution < 1.29 is 22.0 Å². The zero-order valence-corrected chi connectivity index (χ0v) is 18.0. The maximum absolute atomic E-state index is 13.1. The summed E-state index contributed by atoms with van der Waals surface area (Å²) >= 11 is 0. The quantitative estimate of drug-likeness (QED) is 0.550. The second-order valence-corrected chi connectivity index (χ2v) is 9.38. The minimum Gasteiger partial charge on any atom is -0.494 e. The molecule has 1 aliphatic heterocycles. The van der Waals surface area contributed by atoms with Crippen LogP contribution < -0.4 is 4.74 Å². The molecule has 0 bridgehead atoms. The van der Waals surface area contributed by atoms with Gasteiger partial charge in [0.1, 0.15) is 11.6 Å². The summed E-state index contributed by atoms with van der Waals surface area (Å²) in [7, 11) is -3.63. The Morgan fingerprint density at radius 2 is 1.87 bits per heavy atom. The molecule has 2 heterocycles. The van der Waals surface area contributed by atoms with E-state index in [9.17, 15) is 12.8 Å². The first-order chi connectivity index (χ1) is 15.0. The summed E-state index contributed by atoms with van der Waals surface area (Å²) in [5.41, 5.74) is 0.861. The largest absolute Gasteiger partial charge is 0.494 e. The highest BCUT2D eigenvalue weighted by atomic mass is 32.2. The molecule has 1 atom stereocenters. The zero-order chi connectivity index (χ0) is 21.8. The third kappa shape index (κ3) is 4.94. The molecule has 0 radical (unpaired) electrons. The van der Waals surface area contributed by atoms with Gasteiger partial charge in [-0.05, 0) is 61.7 Å². The molecule has 7 nitrogen and oxygen atoms in total. The molecule has 1 aliphatic rings. The Morgan fingerprint density at radius 1 is 1.13 bits per heavy atom. The summed E-state index contributed by atoms with van der Waals surface area (Å²) in [5, 5.41) is 8.24. The van der Waals surface area contributed by atoms with E-state index in [0.29, 0.717) is 43.5 Å². The fraction of sp³-hybridized carbons (Fsp3) is 0.364. The fourth-order valence-corrected chi connectivity index (χ4v) is 5.19. The summed E-state index contributed by atoms with van der Waals surface area (Å²) in [6.45, 7) is 3.13. The molecular formula is C22H24FN3O4S. The second kappa shape index (κ2) is 9.15. The van der Waals surface area contributed by atoms with Gasteiger partial charge in [0.05, 0.1) is 23.8 Å². The lowest BCUT2D eigenvalue weighted by Gasteiger charge is -2.30. The number of sulfonamides is 1. The van der Waals surface area contributed by atoms with Crippen molar-refractivity contribution in [3.8, 4) is 5.75 Å². The maximum Gasteiger partial charge on any atom is 0.243 e. The summed E-state index contributed by atoms with van der Waals surface area (Å²) in [4.78, 5) is 0.235. The van der Waals surface area contributed by atoms with Crippen LogP contribution in [-0.4, -0.2) is 42.6 Å². The Kier molecular flexibility index (Phi) is 6.33. The van der Waals surface area contributed by atoms with Crippen molar-refractivity contribution in [3.63, 3.8) is 0 Å². The van der Waals surface area contributed by atoms with Gasteiger partial charge >= 0.3 is 0 Å². The van der Waals surface area contributed by atoms with Crippen LogP contribution in [0.15, 0.2) is 57.8 Å². The topological polar surface area (TPSA) is 85.5 Å². The van der Waals surface area contributed by atoms with Gasteiger partial charge < -0.3 is 9.15 Å². The van der Waals surface area contributed by atoms with Gasteiger partial charge in [0.2, 0.25) is 21.8 Å². The van der Waals surface area contributed by atoms with Gasteiger partial charge in [-0.25, -0.2) is 12.8 Å². The van der Waals surface area contributed by atoms with Crippen molar-refractivity contribution in [1.29, 1.82) is 0 Å². The number of hydrogen-bond donors (Lipinski definition) is 0. The van der Waals surface area contributed by atoms with Crippen LogP contribution in [0.4, 0.5) is 4.39 Å². The van der Waals surface area contributed by atoms with E-state index in [0.717, 1.165) is 12.0 Å². The molecule has 0 aliphatic carbocycles. The van der Waals surface area contributed by atoms with Gasteiger partial charge in [0, 0.05) is 13.1 Å². The number of benzene rings is 2. The third-order valence-corrected chi connectivity index (χ3v) is 7.14. The van der Waals surface area contributed by atoms with Crippen LogP contribution in [0.5, 0.6) is 5.75 Å². The molecule has 3 aromatic rings. The number of rotatable bonds is 7. The molecule has 31 heavy (non-hydrogen) atoms. The fourth-order valence-electron chi connectivity index (χ4n) is 3.67. The lowest BCUT2D eigenvalue weighted by atomic mass is 10.00. The molecule has 0 spiro atoms. The van der Waals surface area contributed by atoms with E-state index in [2.05, 4.69) is 10.2 Å². The minimum absolute atomic E-state index is 0.166. The standard InChI is InChI=1S/C22H24FN3O4S/c1-2-29-19-9-11-20(12-10-19)31(27,28)26-13-3-4-17(15-26)22-25-24-21(30-22)14-16-5-7-18(23)8-6-16/h5-12,17H,2-4,13-15H2,1H3/t17-/m0/s1. The second-order valence-electron chi connectivity index (χ2n) is 7.44. The number of halogens is 1. The molecule has 4 rings (SSSR count). The Bertz CT molecular complexity index is 1110. The Labute approximate surface area is 180 Å². The molecule has 164 valence electrons. The van der Waals surface area contributed by atoms with Gasteiger partial charge in [-0.15, -0.1) is 10.2 Å². The lowest BCUT2D eigenvalue weighted by molar-refractivity contribution is 0.281. The van der Waals surface area contributed by atoms with Crippen molar-refractivity contribution in [2.75, 3.05) is 19.7 Å². The highest BCUT2D eigenvalue weighted by molar-refractivity contribution is 7.89. The summed E-state index contributed by atoms with van der Waals surface area (Å²) in [6, 6.07) is 12.6. The third-order valence-electron chi connectivity index (χ3n) is 5.26. The van der Waals surface area contributed by atoms with Crippen LogP contribution in [0.2, 0.25) is 0 Å². The zero-order valence-electron chi connectivity index (χ0n) is 17.2.